The molecule has 0 aromatic heterocycles. The van der Waals surface area contributed by atoms with Crippen LogP contribution in [0.15, 0.2) is 0 Å². The van der Waals surface area contributed by atoms with Gasteiger partial charge in [-0.2, -0.15) is 0 Å². The zero-order chi connectivity index (χ0) is 9.84. The summed E-state index contributed by atoms with van der Waals surface area (Å²) in [7, 11) is 3.16. The Morgan fingerprint density at radius 3 is 2.38 bits per heavy atom. The van der Waals surface area contributed by atoms with E-state index in [1.807, 2.05) is 0 Å². The standard InChI is InChI=1S/C9H18N2O2/c1-11(13-2)9(12)7-3-5-8(10)6-4-7/h7-8H,3-6,10H2,1-2H3. The molecule has 0 saturated heterocycles. The maximum atomic E-state index is 11.6. The van der Waals surface area contributed by atoms with Crippen LogP contribution in [-0.2, 0) is 9.63 Å². The summed E-state index contributed by atoms with van der Waals surface area (Å²) in [5, 5.41) is 1.31. The Balaban J connectivity index is 2.40. The molecule has 0 spiro atoms. The third kappa shape index (κ3) is 2.67. The molecule has 76 valence electrons. The summed E-state index contributed by atoms with van der Waals surface area (Å²) in [4.78, 5) is 16.4. The van der Waals surface area contributed by atoms with Gasteiger partial charge >= 0.3 is 0 Å². The Kier molecular flexibility index (Phi) is 3.69. The van der Waals surface area contributed by atoms with Crippen molar-refractivity contribution in [1.82, 2.24) is 5.06 Å². The van der Waals surface area contributed by atoms with Gasteiger partial charge in [0.2, 0.25) is 5.91 Å². The molecule has 1 saturated carbocycles. The van der Waals surface area contributed by atoms with E-state index in [0.29, 0.717) is 0 Å². The van der Waals surface area contributed by atoms with E-state index < -0.39 is 0 Å². The molecular weight excluding hydrogens is 168 g/mol. The van der Waals surface area contributed by atoms with E-state index in [1.165, 1.54) is 12.2 Å². The van der Waals surface area contributed by atoms with E-state index in [1.54, 1.807) is 7.05 Å². The van der Waals surface area contributed by atoms with Crippen LogP contribution in [0, 0.1) is 5.92 Å². The molecule has 0 bridgehead atoms. The fourth-order valence-corrected chi connectivity index (χ4v) is 1.71. The summed E-state index contributed by atoms with van der Waals surface area (Å²) < 4.78 is 0. The third-order valence-electron chi connectivity index (χ3n) is 2.71. The number of carbonyl (C=O) groups is 1. The summed E-state index contributed by atoms with van der Waals surface area (Å²) in [5.41, 5.74) is 5.75. The van der Waals surface area contributed by atoms with E-state index in [9.17, 15) is 4.79 Å². The normalized spacial score (nSPS) is 28.5. The van der Waals surface area contributed by atoms with Crippen molar-refractivity contribution in [3.05, 3.63) is 0 Å². The largest absolute Gasteiger partial charge is 0.328 e. The lowest BCUT2D eigenvalue weighted by Crippen LogP contribution is -2.36. The highest BCUT2D eigenvalue weighted by atomic mass is 16.7. The lowest BCUT2D eigenvalue weighted by atomic mass is 9.86. The van der Waals surface area contributed by atoms with E-state index in [4.69, 9.17) is 10.6 Å². The molecular formula is C9H18N2O2. The van der Waals surface area contributed by atoms with Crippen molar-refractivity contribution in [1.29, 1.82) is 0 Å². The summed E-state index contributed by atoms with van der Waals surface area (Å²) in [6.07, 6.45) is 3.70. The first-order chi connectivity index (χ1) is 6.15. The van der Waals surface area contributed by atoms with Gasteiger partial charge in [0, 0.05) is 19.0 Å². The van der Waals surface area contributed by atoms with E-state index in [-0.39, 0.29) is 17.9 Å². The molecule has 0 heterocycles. The number of hydrogen-bond acceptors (Lipinski definition) is 3. The molecule has 4 heteroatoms. The highest BCUT2D eigenvalue weighted by Crippen LogP contribution is 2.24. The summed E-state index contributed by atoms with van der Waals surface area (Å²) in [6.45, 7) is 0. The van der Waals surface area contributed by atoms with Gasteiger partial charge in [-0.25, -0.2) is 5.06 Å². The van der Waals surface area contributed by atoms with Crippen molar-refractivity contribution in [2.45, 2.75) is 31.7 Å². The van der Waals surface area contributed by atoms with Gasteiger partial charge < -0.3 is 5.73 Å². The molecule has 1 fully saturated rings. The van der Waals surface area contributed by atoms with Gasteiger partial charge in [-0.05, 0) is 25.7 Å². The zero-order valence-corrected chi connectivity index (χ0v) is 8.32. The maximum Gasteiger partial charge on any atom is 0.248 e. The van der Waals surface area contributed by atoms with Gasteiger partial charge in [-0.15, -0.1) is 0 Å². The Bertz CT molecular complexity index is 176. The van der Waals surface area contributed by atoms with Gasteiger partial charge in [-0.3, -0.25) is 9.63 Å². The molecule has 0 atom stereocenters. The van der Waals surface area contributed by atoms with Crippen LogP contribution < -0.4 is 5.73 Å². The molecule has 0 aromatic rings. The monoisotopic (exact) mass is 186 g/mol. The highest BCUT2D eigenvalue weighted by molar-refractivity contribution is 5.77. The Labute approximate surface area is 79.0 Å². The van der Waals surface area contributed by atoms with Crippen molar-refractivity contribution in [3.8, 4) is 0 Å². The zero-order valence-electron chi connectivity index (χ0n) is 8.32. The Morgan fingerprint density at radius 1 is 1.38 bits per heavy atom. The molecule has 0 aliphatic heterocycles. The molecule has 4 nitrogen and oxygen atoms in total. The van der Waals surface area contributed by atoms with Gasteiger partial charge in [0.1, 0.15) is 0 Å². The second-order valence-corrected chi connectivity index (χ2v) is 3.63. The van der Waals surface area contributed by atoms with Crippen LogP contribution in [-0.4, -0.2) is 31.2 Å². The minimum Gasteiger partial charge on any atom is -0.328 e. The molecule has 1 amide bonds. The molecule has 0 unspecified atom stereocenters. The Hall–Kier alpha value is -0.610. The van der Waals surface area contributed by atoms with Crippen molar-refractivity contribution < 1.29 is 9.63 Å². The van der Waals surface area contributed by atoms with Gasteiger partial charge in [0.15, 0.2) is 0 Å². The second kappa shape index (κ2) is 4.58. The lowest BCUT2D eigenvalue weighted by molar-refractivity contribution is -0.174. The van der Waals surface area contributed by atoms with E-state index in [2.05, 4.69) is 0 Å². The summed E-state index contributed by atoms with van der Waals surface area (Å²) >= 11 is 0. The first kappa shape index (κ1) is 10.5. The van der Waals surface area contributed by atoms with Crippen LogP contribution in [0.4, 0.5) is 0 Å². The average Bonchev–Trinajstić information content (AvgIpc) is 2.17. The number of hydroxylamine groups is 2. The third-order valence-corrected chi connectivity index (χ3v) is 2.71. The molecule has 0 aromatic carbocycles. The highest BCUT2D eigenvalue weighted by Gasteiger charge is 2.26. The van der Waals surface area contributed by atoms with Crippen molar-refractivity contribution in [2.24, 2.45) is 11.7 Å². The number of nitrogens with zero attached hydrogens (tertiary/aromatic N) is 1. The van der Waals surface area contributed by atoms with Crippen LogP contribution in [0.2, 0.25) is 0 Å². The number of carbonyl (C=O) groups excluding carboxylic acids is 1. The molecule has 1 rings (SSSR count). The number of hydrogen-bond donors (Lipinski definition) is 1. The Morgan fingerprint density at radius 2 is 1.92 bits per heavy atom. The maximum absolute atomic E-state index is 11.6. The van der Waals surface area contributed by atoms with Crippen LogP contribution in [0.5, 0.6) is 0 Å². The van der Waals surface area contributed by atoms with Gasteiger partial charge in [-0.1, -0.05) is 0 Å². The summed E-state index contributed by atoms with van der Waals surface area (Å²) in [6, 6.07) is 0.289. The van der Waals surface area contributed by atoms with Gasteiger partial charge in [0.05, 0.1) is 7.11 Å². The fraction of sp³-hybridized carbons (Fsp3) is 0.889. The predicted molar refractivity (Wildman–Crippen MR) is 49.7 cm³/mol. The van der Waals surface area contributed by atoms with Gasteiger partial charge in [0.25, 0.3) is 0 Å². The van der Waals surface area contributed by atoms with Crippen molar-refractivity contribution >= 4 is 5.91 Å². The van der Waals surface area contributed by atoms with E-state index >= 15 is 0 Å². The minimum absolute atomic E-state index is 0.0781. The summed E-state index contributed by atoms with van der Waals surface area (Å²) in [5.74, 6) is 0.194. The van der Waals surface area contributed by atoms with Crippen LogP contribution >= 0.6 is 0 Å². The van der Waals surface area contributed by atoms with Crippen LogP contribution in [0.25, 0.3) is 0 Å². The topological polar surface area (TPSA) is 55.6 Å². The quantitative estimate of drug-likeness (QED) is 0.640. The second-order valence-electron chi connectivity index (χ2n) is 3.63. The SMILES string of the molecule is CON(C)C(=O)C1CCC(N)CC1. The van der Waals surface area contributed by atoms with Crippen LogP contribution in [0.1, 0.15) is 25.7 Å². The predicted octanol–water partition coefficient (Wildman–Crippen LogP) is 0.524. The molecule has 1 aliphatic rings. The van der Waals surface area contributed by atoms with E-state index in [0.717, 1.165) is 25.7 Å². The number of nitrogens with two attached hydrogens (primary N) is 1. The first-order valence-corrected chi connectivity index (χ1v) is 4.72. The number of rotatable bonds is 2. The van der Waals surface area contributed by atoms with Crippen molar-refractivity contribution in [3.63, 3.8) is 0 Å². The van der Waals surface area contributed by atoms with Crippen molar-refractivity contribution in [2.75, 3.05) is 14.2 Å². The molecule has 13 heavy (non-hydrogen) atoms. The fourth-order valence-electron chi connectivity index (χ4n) is 1.71. The molecule has 1 aliphatic carbocycles. The number of amides is 1. The lowest BCUT2D eigenvalue weighted by Gasteiger charge is -2.27. The average molecular weight is 186 g/mol. The first-order valence-electron chi connectivity index (χ1n) is 4.72. The molecule has 0 radical (unpaired) electrons. The smallest absolute Gasteiger partial charge is 0.248 e. The minimum atomic E-state index is 0.0781. The molecule has 2 N–H and O–H groups in total. The van der Waals surface area contributed by atoms with Crippen LogP contribution in [0.3, 0.4) is 0 Å².